The standard InChI is InChI=1S/C21H23N3O5S/c1-12-4-5-14(10-13(12)2)20(27)24-8-7-22-19(26)16(24)11-17(25)23-15-6-9-30-18(15)21(28)29-3/h4-6,9-10,16H,7-8,11H2,1-3H3,(H,22,26)(H,23,25)/t16-/m0/s1. The fraction of sp³-hybridized carbons (Fsp3) is 0.333. The molecule has 1 aliphatic rings. The second-order valence-corrected chi connectivity index (χ2v) is 7.93. The van der Waals surface area contributed by atoms with Crippen LogP contribution < -0.4 is 10.6 Å². The lowest BCUT2D eigenvalue weighted by Crippen LogP contribution is -2.58. The number of carbonyl (C=O) groups excluding carboxylic acids is 4. The number of rotatable bonds is 5. The smallest absolute Gasteiger partial charge is 0.350 e. The molecule has 2 N–H and O–H groups in total. The Bertz CT molecular complexity index is 1000. The van der Waals surface area contributed by atoms with Crippen LogP contribution in [-0.2, 0) is 14.3 Å². The molecular formula is C21H23N3O5S. The molecule has 1 aromatic heterocycles. The minimum absolute atomic E-state index is 0.223. The van der Waals surface area contributed by atoms with Gasteiger partial charge in [-0.3, -0.25) is 14.4 Å². The van der Waals surface area contributed by atoms with Crippen LogP contribution in [0.4, 0.5) is 5.69 Å². The fourth-order valence-corrected chi connectivity index (χ4v) is 4.00. The van der Waals surface area contributed by atoms with Crippen molar-refractivity contribution < 1.29 is 23.9 Å². The maximum atomic E-state index is 13.1. The Morgan fingerprint density at radius 1 is 1.23 bits per heavy atom. The summed E-state index contributed by atoms with van der Waals surface area (Å²) in [6, 6.07) is 6.03. The number of piperazine rings is 1. The number of methoxy groups -OCH3 is 1. The second-order valence-electron chi connectivity index (χ2n) is 7.01. The number of amides is 3. The Labute approximate surface area is 178 Å². The molecule has 1 fully saturated rings. The number of carbonyl (C=O) groups is 4. The monoisotopic (exact) mass is 429 g/mol. The second kappa shape index (κ2) is 9.08. The number of esters is 1. The molecule has 0 bridgehead atoms. The molecular weight excluding hydrogens is 406 g/mol. The number of benzene rings is 1. The van der Waals surface area contributed by atoms with Crippen LogP contribution >= 0.6 is 11.3 Å². The highest BCUT2D eigenvalue weighted by Crippen LogP contribution is 2.24. The molecule has 1 aromatic carbocycles. The zero-order valence-corrected chi connectivity index (χ0v) is 17.8. The number of ether oxygens (including phenoxy) is 1. The lowest BCUT2D eigenvalue weighted by atomic mass is 10.0. The van der Waals surface area contributed by atoms with Gasteiger partial charge in [-0.05, 0) is 48.6 Å². The van der Waals surface area contributed by atoms with Gasteiger partial charge < -0.3 is 20.3 Å². The number of nitrogens with one attached hydrogen (secondary N) is 2. The molecule has 1 saturated heterocycles. The first kappa shape index (κ1) is 21.5. The first-order valence-corrected chi connectivity index (χ1v) is 10.3. The summed E-state index contributed by atoms with van der Waals surface area (Å²) in [5.74, 6) is -1.70. The van der Waals surface area contributed by atoms with Crippen molar-refractivity contribution in [3.05, 3.63) is 51.2 Å². The number of thiophene rings is 1. The molecule has 0 aliphatic carbocycles. The van der Waals surface area contributed by atoms with Crippen LogP contribution in [0.1, 0.15) is 37.6 Å². The Morgan fingerprint density at radius 2 is 2.00 bits per heavy atom. The van der Waals surface area contributed by atoms with Gasteiger partial charge >= 0.3 is 5.97 Å². The van der Waals surface area contributed by atoms with Gasteiger partial charge in [-0.1, -0.05) is 6.07 Å². The van der Waals surface area contributed by atoms with Crippen molar-refractivity contribution in [3.8, 4) is 0 Å². The Kier molecular flexibility index (Phi) is 6.51. The predicted octanol–water partition coefficient (Wildman–Crippen LogP) is 2.12. The summed E-state index contributed by atoms with van der Waals surface area (Å²) in [6.45, 7) is 4.50. The Morgan fingerprint density at radius 3 is 2.70 bits per heavy atom. The highest BCUT2D eigenvalue weighted by molar-refractivity contribution is 7.12. The van der Waals surface area contributed by atoms with E-state index in [0.717, 1.165) is 22.5 Å². The summed E-state index contributed by atoms with van der Waals surface area (Å²) in [4.78, 5) is 51.6. The summed E-state index contributed by atoms with van der Waals surface area (Å²) in [5.41, 5.74) is 2.84. The van der Waals surface area contributed by atoms with E-state index in [9.17, 15) is 19.2 Å². The van der Waals surface area contributed by atoms with Crippen LogP contribution in [0.3, 0.4) is 0 Å². The average Bonchev–Trinajstić information content (AvgIpc) is 3.18. The molecule has 1 aliphatic heterocycles. The minimum Gasteiger partial charge on any atom is -0.465 e. The molecule has 3 amide bonds. The molecule has 2 heterocycles. The van der Waals surface area contributed by atoms with E-state index in [2.05, 4.69) is 10.6 Å². The number of hydrogen-bond acceptors (Lipinski definition) is 6. The Hall–Kier alpha value is -3.20. The normalized spacial score (nSPS) is 16.0. The molecule has 30 heavy (non-hydrogen) atoms. The SMILES string of the molecule is COC(=O)c1sccc1NC(=O)C[C@H]1C(=O)NCCN1C(=O)c1ccc(C)c(C)c1. The molecule has 0 saturated carbocycles. The van der Waals surface area contributed by atoms with Gasteiger partial charge in [-0.2, -0.15) is 0 Å². The van der Waals surface area contributed by atoms with Crippen molar-refractivity contribution in [2.75, 3.05) is 25.5 Å². The van der Waals surface area contributed by atoms with Gasteiger partial charge in [0.25, 0.3) is 5.91 Å². The first-order valence-electron chi connectivity index (χ1n) is 9.43. The van der Waals surface area contributed by atoms with Crippen LogP contribution in [0.15, 0.2) is 29.6 Å². The average molecular weight is 429 g/mol. The third kappa shape index (κ3) is 4.51. The maximum absolute atomic E-state index is 13.1. The van der Waals surface area contributed by atoms with E-state index in [-0.39, 0.29) is 23.1 Å². The van der Waals surface area contributed by atoms with Crippen molar-refractivity contribution >= 4 is 40.7 Å². The molecule has 0 spiro atoms. The lowest BCUT2D eigenvalue weighted by Gasteiger charge is -2.35. The third-order valence-corrected chi connectivity index (χ3v) is 5.93. The Balaban J connectivity index is 1.76. The number of anilines is 1. The number of hydrogen-bond donors (Lipinski definition) is 2. The largest absolute Gasteiger partial charge is 0.465 e. The van der Waals surface area contributed by atoms with E-state index in [1.165, 1.54) is 12.0 Å². The molecule has 8 nitrogen and oxygen atoms in total. The summed E-state index contributed by atoms with van der Waals surface area (Å²) in [6.07, 6.45) is -0.223. The van der Waals surface area contributed by atoms with Gasteiger partial charge in [-0.15, -0.1) is 11.3 Å². The van der Waals surface area contributed by atoms with E-state index in [0.29, 0.717) is 24.3 Å². The third-order valence-electron chi connectivity index (χ3n) is 5.03. The number of aryl methyl sites for hydroxylation is 2. The molecule has 2 aromatic rings. The fourth-order valence-electron chi connectivity index (χ4n) is 3.24. The van der Waals surface area contributed by atoms with E-state index in [4.69, 9.17) is 4.74 Å². The van der Waals surface area contributed by atoms with Gasteiger partial charge in [0.05, 0.1) is 19.2 Å². The summed E-state index contributed by atoms with van der Waals surface area (Å²) in [5, 5.41) is 7.01. The summed E-state index contributed by atoms with van der Waals surface area (Å²) in [7, 11) is 1.26. The number of nitrogens with zero attached hydrogens (tertiary/aromatic N) is 1. The molecule has 158 valence electrons. The topological polar surface area (TPSA) is 105 Å². The highest BCUT2D eigenvalue weighted by Gasteiger charge is 2.35. The van der Waals surface area contributed by atoms with Gasteiger partial charge in [0.1, 0.15) is 10.9 Å². The van der Waals surface area contributed by atoms with Crippen molar-refractivity contribution in [1.29, 1.82) is 0 Å². The van der Waals surface area contributed by atoms with Crippen molar-refractivity contribution in [3.63, 3.8) is 0 Å². The van der Waals surface area contributed by atoms with Crippen molar-refractivity contribution in [1.82, 2.24) is 10.2 Å². The zero-order valence-electron chi connectivity index (χ0n) is 17.0. The zero-order chi connectivity index (χ0) is 21.8. The van der Waals surface area contributed by atoms with Crippen molar-refractivity contribution in [2.45, 2.75) is 26.3 Å². The van der Waals surface area contributed by atoms with E-state index >= 15 is 0 Å². The molecule has 1 atom stereocenters. The van der Waals surface area contributed by atoms with Crippen LogP contribution in [0.2, 0.25) is 0 Å². The molecule has 3 rings (SSSR count). The van der Waals surface area contributed by atoms with Crippen molar-refractivity contribution in [2.24, 2.45) is 0 Å². The molecule has 9 heteroatoms. The summed E-state index contributed by atoms with van der Waals surface area (Å²) < 4.78 is 4.70. The predicted molar refractivity (Wildman–Crippen MR) is 113 cm³/mol. The van der Waals surface area contributed by atoms with Gasteiger partial charge in [0.15, 0.2) is 0 Å². The maximum Gasteiger partial charge on any atom is 0.350 e. The lowest BCUT2D eigenvalue weighted by molar-refractivity contribution is -0.131. The highest BCUT2D eigenvalue weighted by atomic mass is 32.1. The van der Waals surface area contributed by atoms with E-state index in [1.54, 1.807) is 23.6 Å². The van der Waals surface area contributed by atoms with Crippen LogP contribution in [0, 0.1) is 13.8 Å². The van der Waals surface area contributed by atoms with Gasteiger partial charge in [0, 0.05) is 18.7 Å². The van der Waals surface area contributed by atoms with Crippen LogP contribution in [0.5, 0.6) is 0 Å². The molecule has 0 radical (unpaired) electrons. The van der Waals surface area contributed by atoms with E-state index in [1.807, 2.05) is 19.9 Å². The summed E-state index contributed by atoms with van der Waals surface area (Å²) >= 11 is 1.14. The molecule has 0 unspecified atom stereocenters. The van der Waals surface area contributed by atoms with Crippen LogP contribution in [0.25, 0.3) is 0 Å². The van der Waals surface area contributed by atoms with E-state index < -0.39 is 17.9 Å². The van der Waals surface area contributed by atoms with Gasteiger partial charge in [-0.25, -0.2) is 4.79 Å². The van der Waals surface area contributed by atoms with Crippen LogP contribution in [-0.4, -0.2) is 54.8 Å². The first-order chi connectivity index (χ1) is 14.3. The minimum atomic E-state index is -0.937. The van der Waals surface area contributed by atoms with Gasteiger partial charge in [0.2, 0.25) is 11.8 Å². The quantitative estimate of drug-likeness (QED) is 0.709.